The van der Waals surface area contributed by atoms with Gasteiger partial charge in [-0.05, 0) is 35.9 Å². The van der Waals surface area contributed by atoms with Crippen molar-refractivity contribution in [3.05, 3.63) is 99.1 Å². The molecule has 0 saturated carbocycles. The highest BCUT2D eigenvalue weighted by Crippen LogP contribution is 2.33. The normalized spacial score (nSPS) is 10.6. The lowest BCUT2D eigenvalue weighted by atomic mass is 10.0. The van der Waals surface area contributed by atoms with Gasteiger partial charge in [-0.25, -0.2) is 0 Å². The zero-order valence-electron chi connectivity index (χ0n) is 15.1. The Hall–Kier alpha value is -3.84. The molecule has 0 radical (unpaired) electrons. The molecule has 0 aliphatic heterocycles. The van der Waals surface area contributed by atoms with Crippen molar-refractivity contribution in [2.24, 2.45) is 0 Å². The number of benzene rings is 3. The van der Waals surface area contributed by atoms with Crippen molar-refractivity contribution in [3.8, 4) is 11.1 Å². The topological polar surface area (TPSA) is 88.0 Å². The summed E-state index contributed by atoms with van der Waals surface area (Å²) in [5.74, 6) is 0.158. The molecule has 29 heavy (non-hydrogen) atoms. The van der Waals surface area contributed by atoms with Crippen LogP contribution in [0.1, 0.15) is 10.4 Å². The highest BCUT2D eigenvalue weighted by atomic mass is 32.1. The van der Waals surface area contributed by atoms with E-state index in [1.807, 2.05) is 30.3 Å². The van der Waals surface area contributed by atoms with Crippen molar-refractivity contribution in [3.63, 3.8) is 0 Å². The van der Waals surface area contributed by atoms with Crippen LogP contribution >= 0.6 is 12.2 Å². The van der Waals surface area contributed by atoms with Gasteiger partial charge in [-0.1, -0.05) is 48.6 Å². The molecule has 4 rings (SSSR count). The number of fused-ring (bicyclic) bond motifs is 1. The number of hydrogen-bond donors (Lipinski definition) is 2. The van der Waals surface area contributed by atoms with Gasteiger partial charge in [0.1, 0.15) is 5.82 Å². The fourth-order valence-electron chi connectivity index (χ4n) is 3.13. The van der Waals surface area contributed by atoms with Crippen molar-refractivity contribution in [2.75, 3.05) is 5.32 Å². The smallest absolute Gasteiger partial charge is 0.269 e. The maximum atomic E-state index is 12.7. The van der Waals surface area contributed by atoms with Crippen LogP contribution in [0.2, 0.25) is 0 Å². The number of para-hydroxylation sites is 1. The number of carbonyl (C=O) groups excluding carboxylic acids is 1. The van der Waals surface area contributed by atoms with E-state index >= 15 is 0 Å². The Labute approximate surface area is 171 Å². The van der Waals surface area contributed by atoms with E-state index in [9.17, 15) is 14.9 Å². The number of anilines is 1. The van der Waals surface area contributed by atoms with Crippen LogP contribution in [0.5, 0.6) is 0 Å². The highest BCUT2D eigenvalue weighted by Gasteiger charge is 2.16. The number of nitrogens with one attached hydrogen (secondary N) is 2. The molecule has 142 valence electrons. The molecule has 0 atom stereocenters. The van der Waals surface area contributed by atoms with Gasteiger partial charge >= 0.3 is 0 Å². The number of hydrogen-bond acceptors (Lipinski definition) is 4. The fourth-order valence-corrected chi connectivity index (χ4v) is 3.53. The van der Waals surface area contributed by atoms with Gasteiger partial charge in [-0.3, -0.25) is 14.9 Å². The summed E-state index contributed by atoms with van der Waals surface area (Å²) in [5.41, 5.74) is 2.56. The number of non-ortho nitro benzene ring substituents is 1. The predicted molar refractivity (Wildman–Crippen MR) is 116 cm³/mol. The minimum Gasteiger partial charge on any atom is -0.341 e. The number of rotatable bonds is 4. The van der Waals surface area contributed by atoms with E-state index in [0.717, 1.165) is 10.9 Å². The molecule has 0 aliphatic rings. The molecule has 4 aromatic rings. The number of pyridine rings is 1. The summed E-state index contributed by atoms with van der Waals surface area (Å²) in [6, 6.07) is 22.5. The molecule has 0 fully saturated rings. The van der Waals surface area contributed by atoms with Crippen molar-refractivity contribution >= 4 is 40.5 Å². The first-order valence-electron chi connectivity index (χ1n) is 8.81. The van der Waals surface area contributed by atoms with Crippen LogP contribution in [0.3, 0.4) is 0 Å². The third-order valence-corrected chi connectivity index (χ3v) is 4.97. The molecule has 1 heterocycles. The first-order chi connectivity index (χ1) is 14.0. The van der Waals surface area contributed by atoms with E-state index in [-0.39, 0.29) is 11.6 Å². The number of H-pyrrole nitrogens is 1. The van der Waals surface area contributed by atoms with E-state index in [2.05, 4.69) is 10.3 Å². The molecule has 0 saturated heterocycles. The van der Waals surface area contributed by atoms with Crippen molar-refractivity contribution in [2.45, 2.75) is 0 Å². The van der Waals surface area contributed by atoms with Crippen LogP contribution in [0, 0.1) is 14.6 Å². The van der Waals surface area contributed by atoms with Gasteiger partial charge in [-0.2, -0.15) is 0 Å². The van der Waals surface area contributed by atoms with Crippen LogP contribution in [0.15, 0.2) is 78.9 Å². The molecular formula is C22H15N3O3S. The van der Waals surface area contributed by atoms with Crippen molar-refractivity contribution in [1.29, 1.82) is 0 Å². The van der Waals surface area contributed by atoms with Crippen LogP contribution in [-0.4, -0.2) is 15.8 Å². The molecule has 3 aromatic carbocycles. The molecule has 0 spiro atoms. The molecule has 6 nitrogen and oxygen atoms in total. The summed E-state index contributed by atoms with van der Waals surface area (Å²) in [6.45, 7) is 0. The minimum atomic E-state index is -0.455. The Bertz CT molecular complexity index is 1280. The molecule has 1 amide bonds. The predicted octanol–water partition coefficient (Wildman–Crippen LogP) is 5.72. The largest absolute Gasteiger partial charge is 0.341 e. The van der Waals surface area contributed by atoms with Crippen molar-refractivity contribution in [1.82, 2.24) is 4.98 Å². The maximum Gasteiger partial charge on any atom is 0.269 e. The lowest BCUT2D eigenvalue weighted by Gasteiger charge is -2.14. The zero-order chi connectivity index (χ0) is 20.4. The van der Waals surface area contributed by atoms with E-state index < -0.39 is 4.92 Å². The third kappa shape index (κ3) is 3.63. The third-order valence-electron chi connectivity index (χ3n) is 4.55. The molecule has 0 unspecified atom stereocenters. The van der Waals surface area contributed by atoms with E-state index in [1.54, 1.807) is 36.4 Å². The van der Waals surface area contributed by atoms with Gasteiger partial charge in [0.15, 0.2) is 0 Å². The fraction of sp³-hybridized carbons (Fsp3) is 0. The zero-order valence-corrected chi connectivity index (χ0v) is 15.9. The Morgan fingerprint density at radius 2 is 1.59 bits per heavy atom. The summed E-state index contributed by atoms with van der Waals surface area (Å²) in [6.07, 6.45) is 0. The van der Waals surface area contributed by atoms with Gasteiger partial charge in [0.05, 0.1) is 9.43 Å². The number of aromatic nitrogens is 1. The van der Waals surface area contributed by atoms with Gasteiger partial charge in [0.25, 0.3) is 11.6 Å². The second kappa shape index (κ2) is 7.65. The molecule has 2 N–H and O–H groups in total. The first-order valence-corrected chi connectivity index (χ1v) is 9.21. The Morgan fingerprint density at radius 1 is 0.931 bits per heavy atom. The molecule has 0 bridgehead atoms. The van der Waals surface area contributed by atoms with Crippen LogP contribution in [-0.2, 0) is 0 Å². The summed E-state index contributed by atoms with van der Waals surface area (Å²) < 4.78 is 0.552. The number of nitrogens with zero attached hydrogens (tertiary/aromatic N) is 1. The summed E-state index contributed by atoms with van der Waals surface area (Å²) in [5, 5.41) is 14.7. The van der Waals surface area contributed by atoms with Crippen molar-refractivity contribution < 1.29 is 9.72 Å². The minimum absolute atomic E-state index is 0.0145. The molecular weight excluding hydrogens is 386 g/mol. The van der Waals surface area contributed by atoms with E-state index in [4.69, 9.17) is 12.2 Å². The van der Waals surface area contributed by atoms with Crippen LogP contribution < -0.4 is 5.32 Å². The number of nitro benzene ring substituents is 1. The maximum absolute atomic E-state index is 12.7. The molecule has 0 aliphatic carbocycles. The van der Waals surface area contributed by atoms with E-state index in [1.165, 1.54) is 12.1 Å². The Morgan fingerprint density at radius 3 is 2.28 bits per heavy atom. The second-order valence-corrected chi connectivity index (χ2v) is 6.78. The number of amides is 1. The lowest BCUT2D eigenvalue weighted by Crippen LogP contribution is -2.14. The van der Waals surface area contributed by atoms with Gasteiger partial charge in [0, 0.05) is 34.2 Å². The van der Waals surface area contributed by atoms with Gasteiger partial charge in [0.2, 0.25) is 0 Å². The number of carbonyl (C=O) groups is 1. The molecule has 7 heteroatoms. The number of aromatic amines is 1. The van der Waals surface area contributed by atoms with Crippen LogP contribution in [0.25, 0.3) is 22.0 Å². The SMILES string of the molecule is O=C(Nc1[nH]c2ccccc2c(=S)c1-c1ccc([N+](=O)[O-])cc1)c1ccccc1. The Balaban J connectivity index is 1.88. The highest BCUT2D eigenvalue weighted by molar-refractivity contribution is 7.71. The van der Waals surface area contributed by atoms with Gasteiger partial charge in [-0.15, -0.1) is 0 Å². The lowest BCUT2D eigenvalue weighted by molar-refractivity contribution is -0.384. The summed E-state index contributed by atoms with van der Waals surface area (Å²) >= 11 is 5.71. The van der Waals surface area contributed by atoms with E-state index in [0.29, 0.717) is 27.0 Å². The second-order valence-electron chi connectivity index (χ2n) is 6.37. The monoisotopic (exact) mass is 401 g/mol. The number of nitro groups is 1. The van der Waals surface area contributed by atoms with Gasteiger partial charge < -0.3 is 10.3 Å². The summed E-state index contributed by atoms with van der Waals surface area (Å²) in [4.78, 5) is 26.5. The average Bonchev–Trinajstić information content (AvgIpc) is 2.75. The Kier molecular flexibility index (Phi) is 4.88. The summed E-state index contributed by atoms with van der Waals surface area (Å²) in [7, 11) is 0. The molecule has 1 aromatic heterocycles. The quantitative estimate of drug-likeness (QED) is 0.260. The standard InChI is InChI=1S/C22H15N3O3S/c26-22(15-6-2-1-3-7-15)24-21-19(14-10-12-16(13-11-14)25(27)28)20(29)17-8-4-5-9-18(17)23-21/h1-13H,(H2,23,24,26,29). The first kappa shape index (κ1) is 18.5. The average molecular weight is 401 g/mol. The van der Waals surface area contributed by atoms with Crippen LogP contribution in [0.4, 0.5) is 11.5 Å².